The highest BCUT2D eigenvalue weighted by Crippen LogP contribution is 2.31. The fourth-order valence-corrected chi connectivity index (χ4v) is 4.02. The van der Waals surface area contributed by atoms with E-state index in [1.807, 2.05) is 0 Å². The zero-order valence-electron chi connectivity index (χ0n) is 17.5. The third kappa shape index (κ3) is 5.70. The Kier molecular flexibility index (Phi) is 6.89. The van der Waals surface area contributed by atoms with E-state index in [4.69, 9.17) is 4.74 Å². The second-order valence-corrected chi connectivity index (χ2v) is 8.94. The number of hydrogen-bond donors (Lipinski definition) is 3. The Bertz CT molecular complexity index is 1280. The van der Waals surface area contributed by atoms with E-state index in [2.05, 4.69) is 25.3 Å². The number of benzene rings is 2. The van der Waals surface area contributed by atoms with E-state index >= 15 is 0 Å². The maximum absolute atomic E-state index is 14.4. The van der Waals surface area contributed by atoms with Crippen LogP contribution in [0.15, 0.2) is 48.7 Å². The number of carbonyl (C=O) groups is 1. The molecule has 2 amide bonds. The smallest absolute Gasteiger partial charge is 0.325 e. The molecule has 3 aromatic rings. The second kappa shape index (κ2) is 9.60. The fourth-order valence-electron chi connectivity index (χ4n) is 2.82. The molecule has 0 fully saturated rings. The van der Waals surface area contributed by atoms with Crippen LogP contribution in [0.1, 0.15) is 5.56 Å². The Hall–Kier alpha value is -3.73. The van der Waals surface area contributed by atoms with E-state index in [-0.39, 0.29) is 23.0 Å². The molecule has 0 spiro atoms. The van der Waals surface area contributed by atoms with Gasteiger partial charge < -0.3 is 15.4 Å². The van der Waals surface area contributed by atoms with Gasteiger partial charge in [-0.2, -0.15) is 0 Å². The Labute approximate surface area is 184 Å². The molecule has 11 heteroatoms. The zero-order valence-corrected chi connectivity index (χ0v) is 18.3. The number of rotatable bonds is 6. The molecular formula is C21H21F2N5O3S. The first-order chi connectivity index (χ1) is 15.2. The molecule has 0 bridgehead atoms. The van der Waals surface area contributed by atoms with Gasteiger partial charge in [0.05, 0.1) is 23.0 Å². The summed E-state index contributed by atoms with van der Waals surface area (Å²) in [6.45, 7) is 0. The van der Waals surface area contributed by atoms with E-state index in [0.29, 0.717) is 11.3 Å². The lowest BCUT2D eigenvalue weighted by Gasteiger charge is -2.11. The van der Waals surface area contributed by atoms with Gasteiger partial charge in [-0.05, 0) is 29.8 Å². The molecule has 2 aromatic carbocycles. The van der Waals surface area contributed by atoms with E-state index in [0.717, 1.165) is 12.3 Å². The summed E-state index contributed by atoms with van der Waals surface area (Å²) in [5.74, 6) is -1.00. The van der Waals surface area contributed by atoms with Crippen molar-refractivity contribution in [2.45, 2.75) is 0 Å². The van der Waals surface area contributed by atoms with Gasteiger partial charge in [-0.3, -0.25) is 4.72 Å². The van der Waals surface area contributed by atoms with Gasteiger partial charge in [-0.1, -0.05) is 12.1 Å². The number of nitrogens with one attached hydrogen (secondary N) is 3. The maximum Gasteiger partial charge on any atom is 0.325 e. The van der Waals surface area contributed by atoms with Crippen molar-refractivity contribution in [1.29, 1.82) is 0 Å². The predicted molar refractivity (Wildman–Crippen MR) is 120 cm³/mol. The maximum atomic E-state index is 14.4. The van der Waals surface area contributed by atoms with Crippen molar-refractivity contribution >= 4 is 32.7 Å². The molecule has 3 N–H and O–H groups in total. The van der Waals surface area contributed by atoms with Crippen LogP contribution in [-0.2, 0) is 9.71 Å². The number of hydrogen-bond acceptors (Lipinski definition) is 6. The molecular weight excluding hydrogens is 440 g/mol. The summed E-state index contributed by atoms with van der Waals surface area (Å²) in [5, 5.41) is 6.72. The van der Waals surface area contributed by atoms with Crippen molar-refractivity contribution in [3.05, 3.63) is 65.9 Å². The average molecular weight is 461 g/mol. The largest absolute Gasteiger partial charge is 0.496 e. The highest BCUT2D eigenvalue weighted by Gasteiger charge is 2.15. The molecule has 0 aliphatic rings. The Balaban J connectivity index is 1.91. The molecule has 1 atom stereocenters. The van der Waals surface area contributed by atoms with Crippen molar-refractivity contribution < 1.29 is 22.5 Å². The number of anilines is 2. The van der Waals surface area contributed by atoms with Gasteiger partial charge in [-0.15, -0.1) is 0 Å². The van der Waals surface area contributed by atoms with Crippen molar-refractivity contribution in [1.82, 2.24) is 20.0 Å². The van der Waals surface area contributed by atoms with E-state index in [9.17, 15) is 17.8 Å². The number of ether oxygens (including phenoxy) is 1. The molecule has 8 nitrogen and oxygen atoms in total. The number of nitrogens with zero attached hydrogens (tertiary/aromatic N) is 2. The second-order valence-electron chi connectivity index (χ2n) is 6.69. The van der Waals surface area contributed by atoms with Crippen LogP contribution < -0.4 is 20.1 Å². The third-order valence-electron chi connectivity index (χ3n) is 4.19. The van der Waals surface area contributed by atoms with Gasteiger partial charge in [0.1, 0.15) is 17.3 Å². The van der Waals surface area contributed by atoms with Crippen LogP contribution in [0.2, 0.25) is 0 Å². The topological polar surface area (TPSA) is 105 Å². The summed E-state index contributed by atoms with van der Waals surface area (Å²) in [6.07, 6.45) is 2.39. The van der Waals surface area contributed by atoms with Crippen molar-refractivity contribution in [3.8, 4) is 17.0 Å². The van der Waals surface area contributed by atoms with Crippen LogP contribution in [0.25, 0.3) is 11.3 Å². The van der Waals surface area contributed by atoms with Crippen LogP contribution in [0, 0.1) is 11.6 Å². The SMILES string of the molecule is CNC(=O)NS(C)(=O)=Cc1cccc(Nc2ncc(F)c(-c3ccc(F)cc3OC)n2)c1. The van der Waals surface area contributed by atoms with Crippen LogP contribution in [0.3, 0.4) is 0 Å². The lowest BCUT2D eigenvalue weighted by atomic mass is 10.1. The lowest BCUT2D eigenvalue weighted by Crippen LogP contribution is -2.37. The van der Waals surface area contributed by atoms with Crippen molar-refractivity contribution in [2.24, 2.45) is 0 Å². The zero-order chi connectivity index (χ0) is 23.3. The van der Waals surface area contributed by atoms with E-state index < -0.39 is 27.4 Å². The normalized spacial score (nSPS) is 12.4. The standard InChI is InChI=1S/C21H21F2N5O3S/c1-24-21(29)28-32(3,30)12-13-5-4-6-15(9-13)26-20-25-11-17(23)19(27-20)16-8-7-14(22)10-18(16)31-2/h4-12H,1-3H3,(H,25,26,27)(H2,24,28,29,30). The molecule has 0 aliphatic carbocycles. The first-order valence-corrected chi connectivity index (χ1v) is 11.3. The van der Waals surface area contributed by atoms with Gasteiger partial charge in [0.2, 0.25) is 5.95 Å². The number of amides is 2. The van der Waals surface area contributed by atoms with Gasteiger partial charge in [0.25, 0.3) is 0 Å². The lowest BCUT2D eigenvalue weighted by molar-refractivity contribution is 0.248. The predicted octanol–water partition coefficient (Wildman–Crippen LogP) is 3.08. The summed E-state index contributed by atoms with van der Waals surface area (Å²) >= 11 is 0. The first-order valence-electron chi connectivity index (χ1n) is 9.27. The molecule has 0 aliphatic heterocycles. The molecule has 3 rings (SSSR count). The number of aromatic nitrogens is 2. The molecule has 0 radical (unpaired) electrons. The summed E-state index contributed by atoms with van der Waals surface area (Å²) in [4.78, 5) is 19.6. The number of halogens is 2. The van der Waals surface area contributed by atoms with E-state index in [1.54, 1.807) is 24.3 Å². The van der Waals surface area contributed by atoms with Crippen LogP contribution >= 0.6 is 0 Å². The number of methoxy groups -OCH3 is 1. The quantitative estimate of drug-likeness (QED) is 0.488. The molecule has 168 valence electrons. The number of carbonyl (C=O) groups excluding carboxylic acids is 1. The van der Waals surface area contributed by atoms with Gasteiger partial charge >= 0.3 is 6.03 Å². The Morgan fingerprint density at radius 3 is 2.69 bits per heavy atom. The summed E-state index contributed by atoms with van der Waals surface area (Å²) in [6, 6.07) is 9.92. The minimum Gasteiger partial charge on any atom is -0.496 e. The van der Waals surface area contributed by atoms with Crippen LogP contribution in [0.5, 0.6) is 5.75 Å². The van der Waals surface area contributed by atoms with Crippen LogP contribution in [0.4, 0.5) is 25.2 Å². The van der Waals surface area contributed by atoms with E-state index in [1.165, 1.54) is 37.9 Å². The van der Waals surface area contributed by atoms with Crippen LogP contribution in [-0.4, -0.2) is 46.0 Å². The molecule has 1 unspecified atom stereocenters. The monoisotopic (exact) mass is 461 g/mol. The summed E-state index contributed by atoms with van der Waals surface area (Å²) in [5.41, 5.74) is 1.32. The highest BCUT2D eigenvalue weighted by atomic mass is 32.2. The molecule has 1 aromatic heterocycles. The van der Waals surface area contributed by atoms with Gasteiger partial charge in [0.15, 0.2) is 5.82 Å². The fraction of sp³-hybridized carbons (Fsp3) is 0.143. The third-order valence-corrected chi connectivity index (χ3v) is 5.50. The highest BCUT2D eigenvalue weighted by molar-refractivity contribution is 7.99. The van der Waals surface area contributed by atoms with Crippen molar-refractivity contribution in [3.63, 3.8) is 0 Å². The van der Waals surface area contributed by atoms with Gasteiger partial charge in [0, 0.05) is 36.0 Å². The molecule has 1 heterocycles. The van der Waals surface area contributed by atoms with Crippen molar-refractivity contribution in [2.75, 3.05) is 25.7 Å². The van der Waals surface area contributed by atoms with Gasteiger partial charge in [-0.25, -0.2) is 27.8 Å². The molecule has 32 heavy (non-hydrogen) atoms. The Morgan fingerprint density at radius 2 is 1.97 bits per heavy atom. The minimum absolute atomic E-state index is 0.0616. The first kappa shape index (κ1) is 22.9. The summed E-state index contributed by atoms with van der Waals surface area (Å²) in [7, 11) is -0.0104. The number of urea groups is 1. The summed E-state index contributed by atoms with van der Waals surface area (Å²) < 4.78 is 48.0. The Morgan fingerprint density at radius 1 is 1.19 bits per heavy atom. The molecule has 0 saturated heterocycles. The molecule has 0 saturated carbocycles. The average Bonchev–Trinajstić information content (AvgIpc) is 2.74. The minimum atomic E-state index is -2.79.